The van der Waals surface area contributed by atoms with Crippen molar-refractivity contribution in [3.63, 3.8) is 0 Å². The van der Waals surface area contributed by atoms with E-state index >= 15 is 0 Å². The molecule has 2 bridgehead atoms. The molecule has 2 aromatic carbocycles. The van der Waals surface area contributed by atoms with Gasteiger partial charge >= 0.3 is 181 Å². The van der Waals surface area contributed by atoms with Crippen molar-refractivity contribution >= 4 is 25.2 Å². The Bertz CT molecular complexity index is 878. The number of carbonyl (C=O) groups is 1. The van der Waals surface area contributed by atoms with Crippen LogP contribution < -0.4 is 4.46 Å². The van der Waals surface area contributed by atoms with E-state index in [2.05, 4.69) is 68.4 Å². The molecule has 29 heavy (non-hydrogen) atoms. The van der Waals surface area contributed by atoms with Crippen LogP contribution >= 0.6 is 0 Å². The zero-order chi connectivity index (χ0) is 20.1. The molecule has 3 aliphatic carbocycles. The molecule has 3 heteroatoms. The van der Waals surface area contributed by atoms with Crippen LogP contribution in [0.3, 0.4) is 0 Å². The van der Waals surface area contributed by atoms with E-state index in [0.717, 1.165) is 6.42 Å². The van der Waals surface area contributed by atoms with E-state index < -0.39 is 0 Å². The molecule has 5 rings (SSSR count). The Kier molecular flexibility index (Phi) is 4.97. The van der Waals surface area contributed by atoms with Gasteiger partial charge in [0.1, 0.15) is 0 Å². The molecule has 152 valence electrons. The Morgan fingerprint density at radius 2 is 1.69 bits per heavy atom. The summed E-state index contributed by atoms with van der Waals surface area (Å²) < 4.78 is 7.93. The molecule has 1 spiro atoms. The molecule has 0 N–H and O–H groups in total. The average molecular weight is 453 g/mol. The predicted octanol–water partition coefficient (Wildman–Crippen LogP) is 4.81. The van der Waals surface area contributed by atoms with Gasteiger partial charge in [0.05, 0.1) is 0 Å². The first-order chi connectivity index (χ1) is 14.0. The fourth-order valence-electron chi connectivity index (χ4n) is 6.78. The molecule has 5 atom stereocenters. The molecule has 1 unspecified atom stereocenters. The molecule has 0 amide bonds. The van der Waals surface area contributed by atoms with Crippen molar-refractivity contribution in [2.24, 2.45) is 22.7 Å². The Labute approximate surface area is 180 Å². The second-order valence-corrected chi connectivity index (χ2v) is 12.5. The van der Waals surface area contributed by atoms with Gasteiger partial charge in [-0.3, -0.25) is 0 Å². The van der Waals surface area contributed by atoms with Gasteiger partial charge in [0.25, 0.3) is 0 Å². The summed E-state index contributed by atoms with van der Waals surface area (Å²) in [6.07, 6.45) is 4.90. The summed E-state index contributed by atoms with van der Waals surface area (Å²) in [6, 6.07) is 21.1. The summed E-state index contributed by atoms with van der Waals surface area (Å²) >= 11 is 0.235. The second-order valence-electron chi connectivity index (χ2n) is 9.86. The van der Waals surface area contributed by atoms with E-state index in [1.54, 1.807) is 0 Å². The first kappa shape index (κ1) is 19.5. The van der Waals surface area contributed by atoms with Crippen LogP contribution in [0.5, 0.6) is 0 Å². The van der Waals surface area contributed by atoms with E-state index in [1.807, 2.05) is 6.07 Å². The fraction of sp³-hybridized carbons (Fsp3) is 0.500. The predicted molar refractivity (Wildman–Crippen MR) is 117 cm³/mol. The summed E-state index contributed by atoms with van der Waals surface area (Å²) in [7, 11) is 0. The Balaban J connectivity index is 1.38. The number of rotatable bonds is 5. The normalized spacial score (nSPS) is 34.9. The summed E-state index contributed by atoms with van der Waals surface area (Å²) in [5.41, 5.74) is 1.37. The van der Waals surface area contributed by atoms with Crippen LogP contribution in [0.25, 0.3) is 0 Å². The molecule has 0 aliphatic heterocycles. The Hall–Kier alpha value is -1.41. The van der Waals surface area contributed by atoms with Crippen molar-refractivity contribution in [1.29, 1.82) is 0 Å². The zero-order valence-electron chi connectivity index (χ0n) is 17.3. The molecule has 3 aliphatic rings. The number of ketones is 1. The van der Waals surface area contributed by atoms with Crippen LogP contribution in [0.2, 0.25) is 4.82 Å². The molecular formula is C26H30O2Se. The third kappa shape index (κ3) is 3.32. The maximum atomic E-state index is 13.7. The van der Waals surface area contributed by atoms with Gasteiger partial charge in [0.15, 0.2) is 0 Å². The van der Waals surface area contributed by atoms with E-state index in [-0.39, 0.29) is 42.6 Å². The monoisotopic (exact) mass is 454 g/mol. The van der Waals surface area contributed by atoms with Crippen LogP contribution in [0, 0.1) is 22.7 Å². The van der Waals surface area contributed by atoms with Gasteiger partial charge in [-0.1, -0.05) is 0 Å². The number of Topliss-reactive ketones (excluding diaryl/α,β-unsaturated/α-hetero) is 1. The van der Waals surface area contributed by atoms with E-state index in [1.165, 1.54) is 29.3 Å². The van der Waals surface area contributed by atoms with Crippen LogP contribution in [-0.4, -0.2) is 26.8 Å². The second kappa shape index (κ2) is 7.37. The number of benzene rings is 2. The van der Waals surface area contributed by atoms with E-state index in [4.69, 9.17) is 4.74 Å². The van der Waals surface area contributed by atoms with Crippen molar-refractivity contribution in [2.75, 3.05) is 0 Å². The quantitative estimate of drug-likeness (QED) is 0.608. The van der Waals surface area contributed by atoms with Crippen molar-refractivity contribution < 1.29 is 9.53 Å². The molecular weight excluding hydrogens is 423 g/mol. The van der Waals surface area contributed by atoms with Crippen molar-refractivity contribution in [3.8, 4) is 0 Å². The summed E-state index contributed by atoms with van der Waals surface area (Å²) in [5.74, 6) is 1.29. The molecule has 3 saturated carbocycles. The molecule has 3 fully saturated rings. The minimum absolute atomic E-state index is 0.0905. The number of hydrogen-bond donors (Lipinski definition) is 0. The third-order valence-corrected chi connectivity index (χ3v) is 10.3. The summed E-state index contributed by atoms with van der Waals surface area (Å²) in [5, 5.41) is 0. The molecule has 2 aromatic rings. The van der Waals surface area contributed by atoms with Gasteiger partial charge in [-0.2, -0.15) is 0 Å². The number of fused-ring (bicyclic) bond motifs is 1. The van der Waals surface area contributed by atoms with Crippen molar-refractivity contribution in [1.82, 2.24) is 0 Å². The average Bonchev–Trinajstić information content (AvgIpc) is 3.22. The molecule has 0 saturated heterocycles. The van der Waals surface area contributed by atoms with Gasteiger partial charge in [0, 0.05) is 0 Å². The van der Waals surface area contributed by atoms with Gasteiger partial charge in [-0.05, 0) is 0 Å². The molecule has 2 nitrogen and oxygen atoms in total. The Morgan fingerprint density at radius 1 is 1.00 bits per heavy atom. The van der Waals surface area contributed by atoms with Crippen LogP contribution in [-0.2, 0) is 16.1 Å². The topological polar surface area (TPSA) is 26.3 Å². The Morgan fingerprint density at radius 3 is 2.41 bits per heavy atom. The van der Waals surface area contributed by atoms with Crippen LogP contribution in [0.1, 0.15) is 45.1 Å². The maximum absolute atomic E-state index is 13.7. The van der Waals surface area contributed by atoms with Crippen molar-refractivity contribution in [2.45, 2.75) is 57.1 Å². The van der Waals surface area contributed by atoms with Crippen LogP contribution in [0.15, 0.2) is 60.7 Å². The van der Waals surface area contributed by atoms with Gasteiger partial charge in [-0.25, -0.2) is 0 Å². The molecule has 0 aromatic heterocycles. The first-order valence-corrected chi connectivity index (χ1v) is 12.8. The van der Waals surface area contributed by atoms with Gasteiger partial charge in [0.2, 0.25) is 0 Å². The molecule has 0 radical (unpaired) electrons. The molecule has 0 heterocycles. The van der Waals surface area contributed by atoms with Gasteiger partial charge in [-0.15, -0.1) is 0 Å². The van der Waals surface area contributed by atoms with Gasteiger partial charge < -0.3 is 0 Å². The number of hydrogen-bond acceptors (Lipinski definition) is 2. The zero-order valence-corrected chi connectivity index (χ0v) is 19.1. The number of ether oxygens (including phenoxy) is 1. The van der Waals surface area contributed by atoms with E-state index in [0.29, 0.717) is 18.3 Å². The standard InChI is InChI=1S/C26H30O2Se/c1-25(2)23-22(27)21(29-20-11-7-4-8-12-20)16-26(23)14-13-19(15-26)24(25)28-17-18-9-5-3-6-10-18/h3-12,19,21,23-24H,13-17H2,1-2H3/t19-,21?,23-,24-,26+/m0/s1. The van der Waals surface area contributed by atoms with Crippen molar-refractivity contribution in [3.05, 3.63) is 66.2 Å². The first-order valence-electron chi connectivity index (χ1n) is 10.9. The SMILES string of the molecule is CC1(C)[C@@H](OCc2ccccc2)[C@H]2CC[C@]3(CC([Se]c4ccccc4)C(=O)[C@@H]13)C2. The number of carbonyl (C=O) groups excluding carboxylic acids is 1. The fourth-order valence-corrected chi connectivity index (χ4v) is 9.53. The van der Waals surface area contributed by atoms with E-state index in [9.17, 15) is 4.79 Å². The third-order valence-electron chi connectivity index (χ3n) is 7.69. The van der Waals surface area contributed by atoms with Crippen LogP contribution in [0.4, 0.5) is 0 Å². The summed E-state index contributed by atoms with van der Waals surface area (Å²) in [4.78, 5) is 14.0. The minimum atomic E-state index is -0.0905. The summed E-state index contributed by atoms with van der Waals surface area (Å²) in [6.45, 7) is 5.28.